The van der Waals surface area contributed by atoms with Crippen LogP contribution in [0.25, 0.3) is 5.82 Å². The molecule has 10 nitrogen and oxygen atoms in total. The minimum atomic E-state index is -0.407. The number of carbonyl (C=O) groups is 1. The number of carbonyl (C=O) groups excluding carboxylic acids is 1. The molecule has 0 unspecified atom stereocenters. The summed E-state index contributed by atoms with van der Waals surface area (Å²) in [6.45, 7) is 3.69. The third-order valence-corrected chi connectivity index (χ3v) is 4.82. The van der Waals surface area contributed by atoms with Gasteiger partial charge in [-0.2, -0.15) is 4.98 Å². The largest absolute Gasteiger partial charge is 0.497 e. The highest BCUT2D eigenvalue weighted by molar-refractivity contribution is 6.00. The maximum Gasteiger partial charge on any atom is 0.323 e. The summed E-state index contributed by atoms with van der Waals surface area (Å²) >= 11 is 0. The molecule has 34 heavy (non-hydrogen) atoms. The van der Waals surface area contributed by atoms with Gasteiger partial charge in [0.25, 0.3) is 0 Å². The number of imidazole rings is 1. The number of methoxy groups -OCH3 is 2. The standard InChI is InChI=1S/C24H24N6O4/c1-15-26-22(30-10-9-25-16(30)2)14-23(27-15)34-19-7-5-17(6-8-19)28-24(31)29-18-11-20(32-3)13-21(12-18)33-4/h5-14H,1-4H3,(H2,28,29,31). The molecule has 174 valence electrons. The van der Waals surface area contributed by atoms with Crippen LogP contribution in [0.5, 0.6) is 23.1 Å². The molecule has 0 aliphatic rings. The number of aromatic nitrogens is 4. The molecular formula is C24H24N6O4. The van der Waals surface area contributed by atoms with Gasteiger partial charge in [0.1, 0.15) is 34.7 Å². The van der Waals surface area contributed by atoms with E-state index in [0.29, 0.717) is 46.1 Å². The van der Waals surface area contributed by atoms with E-state index < -0.39 is 6.03 Å². The average molecular weight is 460 g/mol. The van der Waals surface area contributed by atoms with Crippen molar-refractivity contribution in [3.63, 3.8) is 0 Å². The van der Waals surface area contributed by atoms with Gasteiger partial charge in [0.2, 0.25) is 5.88 Å². The summed E-state index contributed by atoms with van der Waals surface area (Å²) in [6, 6.07) is 13.4. The molecule has 2 aromatic heterocycles. The van der Waals surface area contributed by atoms with Gasteiger partial charge in [0, 0.05) is 48.0 Å². The zero-order valence-electron chi connectivity index (χ0n) is 19.2. The lowest BCUT2D eigenvalue weighted by atomic mass is 10.2. The van der Waals surface area contributed by atoms with Crippen LogP contribution >= 0.6 is 0 Å². The van der Waals surface area contributed by atoms with Crippen molar-refractivity contribution in [1.29, 1.82) is 0 Å². The van der Waals surface area contributed by atoms with Gasteiger partial charge in [-0.25, -0.2) is 14.8 Å². The predicted molar refractivity (Wildman–Crippen MR) is 127 cm³/mol. The van der Waals surface area contributed by atoms with Crippen LogP contribution in [0.15, 0.2) is 60.9 Å². The van der Waals surface area contributed by atoms with Crippen LogP contribution in [0.1, 0.15) is 11.6 Å². The summed E-state index contributed by atoms with van der Waals surface area (Å²) in [5, 5.41) is 5.54. The number of nitrogens with zero attached hydrogens (tertiary/aromatic N) is 4. The topological polar surface area (TPSA) is 112 Å². The molecule has 4 rings (SSSR count). The minimum absolute atomic E-state index is 0.404. The highest BCUT2D eigenvalue weighted by atomic mass is 16.5. The zero-order valence-corrected chi connectivity index (χ0v) is 19.2. The van der Waals surface area contributed by atoms with Crippen molar-refractivity contribution in [2.24, 2.45) is 0 Å². The fourth-order valence-corrected chi connectivity index (χ4v) is 3.22. The molecule has 2 N–H and O–H groups in total. The molecule has 0 atom stereocenters. The predicted octanol–water partition coefficient (Wildman–Crippen LogP) is 4.73. The average Bonchev–Trinajstić information content (AvgIpc) is 3.25. The number of benzene rings is 2. The molecular weight excluding hydrogens is 436 g/mol. The number of hydrogen-bond donors (Lipinski definition) is 2. The number of rotatable bonds is 7. The van der Waals surface area contributed by atoms with E-state index >= 15 is 0 Å². The zero-order chi connectivity index (χ0) is 24.1. The second kappa shape index (κ2) is 9.90. The van der Waals surface area contributed by atoms with E-state index in [4.69, 9.17) is 14.2 Å². The van der Waals surface area contributed by atoms with Crippen molar-refractivity contribution in [3.05, 3.63) is 72.6 Å². The fourth-order valence-electron chi connectivity index (χ4n) is 3.22. The van der Waals surface area contributed by atoms with Crippen molar-refractivity contribution < 1.29 is 19.0 Å². The third kappa shape index (κ3) is 5.41. The molecule has 2 aromatic carbocycles. The third-order valence-electron chi connectivity index (χ3n) is 4.82. The summed E-state index contributed by atoms with van der Waals surface area (Å²) in [7, 11) is 3.09. The smallest absolute Gasteiger partial charge is 0.323 e. The Bertz CT molecular complexity index is 1280. The van der Waals surface area contributed by atoms with Gasteiger partial charge in [-0.05, 0) is 38.1 Å². The molecule has 2 amide bonds. The Morgan fingerprint density at radius 2 is 1.53 bits per heavy atom. The van der Waals surface area contributed by atoms with Crippen molar-refractivity contribution in [3.8, 4) is 28.9 Å². The number of amides is 2. The molecule has 0 saturated carbocycles. The first-order chi connectivity index (χ1) is 16.4. The lowest BCUT2D eigenvalue weighted by molar-refractivity contribution is 0.262. The van der Waals surface area contributed by atoms with Gasteiger partial charge < -0.3 is 24.8 Å². The molecule has 2 heterocycles. The Morgan fingerprint density at radius 1 is 0.853 bits per heavy atom. The van der Waals surface area contributed by atoms with Crippen LogP contribution in [0.4, 0.5) is 16.2 Å². The molecule has 0 saturated heterocycles. The number of aryl methyl sites for hydroxylation is 2. The minimum Gasteiger partial charge on any atom is -0.497 e. The number of hydrogen-bond acceptors (Lipinski definition) is 7. The van der Waals surface area contributed by atoms with Crippen LogP contribution in [-0.4, -0.2) is 39.8 Å². The van der Waals surface area contributed by atoms with E-state index in [1.165, 1.54) is 0 Å². The van der Waals surface area contributed by atoms with E-state index in [1.54, 1.807) is 75.9 Å². The molecule has 10 heteroatoms. The normalized spacial score (nSPS) is 10.5. The maximum absolute atomic E-state index is 12.4. The Hall–Kier alpha value is -4.60. The second-order valence-electron chi connectivity index (χ2n) is 7.26. The first-order valence-corrected chi connectivity index (χ1v) is 10.4. The first kappa shape index (κ1) is 22.6. The van der Waals surface area contributed by atoms with E-state index in [9.17, 15) is 4.79 Å². The summed E-state index contributed by atoms with van der Waals surface area (Å²) in [6.07, 6.45) is 3.54. The van der Waals surface area contributed by atoms with Crippen molar-refractivity contribution in [2.75, 3.05) is 24.9 Å². The number of nitrogens with one attached hydrogen (secondary N) is 2. The van der Waals surface area contributed by atoms with E-state index in [-0.39, 0.29) is 0 Å². The summed E-state index contributed by atoms with van der Waals surface area (Å²) in [5.74, 6) is 4.16. The lowest BCUT2D eigenvalue weighted by Crippen LogP contribution is -2.19. The van der Waals surface area contributed by atoms with E-state index in [2.05, 4.69) is 25.6 Å². The van der Waals surface area contributed by atoms with Gasteiger partial charge in [0.05, 0.1) is 14.2 Å². The van der Waals surface area contributed by atoms with Crippen molar-refractivity contribution in [2.45, 2.75) is 13.8 Å². The Balaban J connectivity index is 1.41. The van der Waals surface area contributed by atoms with Gasteiger partial charge in [-0.3, -0.25) is 4.57 Å². The Kier molecular flexibility index (Phi) is 6.58. The molecule has 0 spiro atoms. The van der Waals surface area contributed by atoms with Crippen LogP contribution in [0, 0.1) is 13.8 Å². The Labute approximate surface area is 196 Å². The van der Waals surface area contributed by atoms with Gasteiger partial charge in [-0.1, -0.05) is 0 Å². The van der Waals surface area contributed by atoms with Gasteiger partial charge in [0.15, 0.2) is 0 Å². The molecule has 0 aliphatic heterocycles. The number of urea groups is 1. The Morgan fingerprint density at radius 3 is 2.15 bits per heavy atom. The summed E-state index contributed by atoms with van der Waals surface area (Å²) in [4.78, 5) is 25.4. The van der Waals surface area contributed by atoms with Crippen LogP contribution < -0.4 is 24.8 Å². The van der Waals surface area contributed by atoms with E-state index in [1.807, 2.05) is 17.7 Å². The van der Waals surface area contributed by atoms with Gasteiger partial charge >= 0.3 is 6.03 Å². The van der Waals surface area contributed by atoms with Crippen molar-refractivity contribution >= 4 is 17.4 Å². The van der Waals surface area contributed by atoms with Crippen LogP contribution in [-0.2, 0) is 0 Å². The molecule has 0 bridgehead atoms. The molecule has 0 fully saturated rings. The maximum atomic E-state index is 12.4. The quantitative estimate of drug-likeness (QED) is 0.410. The fraction of sp³-hybridized carbons (Fsp3) is 0.167. The van der Waals surface area contributed by atoms with Crippen LogP contribution in [0.3, 0.4) is 0 Å². The first-order valence-electron chi connectivity index (χ1n) is 10.4. The number of ether oxygens (including phenoxy) is 3. The SMILES string of the molecule is COc1cc(NC(=O)Nc2ccc(Oc3cc(-n4ccnc4C)nc(C)n3)cc2)cc(OC)c1. The summed E-state index contributed by atoms with van der Waals surface area (Å²) in [5.41, 5.74) is 1.13. The highest BCUT2D eigenvalue weighted by Crippen LogP contribution is 2.26. The summed E-state index contributed by atoms with van der Waals surface area (Å²) < 4.78 is 18.2. The highest BCUT2D eigenvalue weighted by Gasteiger charge is 2.10. The molecule has 4 aromatic rings. The monoisotopic (exact) mass is 460 g/mol. The van der Waals surface area contributed by atoms with Gasteiger partial charge in [-0.15, -0.1) is 0 Å². The van der Waals surface area contributed by atoms with Crippen molar-refractivity contribution in [1.82, 2.24) is 19.5 Å². The lowest BCUT2D eigenvalue weighted by Gasteiger charge is -2.12. The van der Waals surface area contributed by atoms with Crippen LogP contribution in [0.2, 0.25) is 0 Å². The number of anilines is 2. The molecule has 0 radical (unpaired) electrons. The molecule has 0 aliphatic carbocycles. The second-order valence-corrected chi connectivity index (χ2v) is 7.26. The van der Waals surface area contributed by atoms with E-state index in [0.717, 1.165) is 5.82 Å².